The summed E-state index contributed by atoms with van der Waals surface area (Å²) in [7, 11) is -2.68. The molecule has 1 amide bonds. The largest absolute Gasteiger partial charge is 0.495 e. The van der Waals surface area contributed by atoms with E-state index in [1.54, 1.807) is 73.7 Å². The quantitative estimate of drug-likeness (QED) is 0.523. The summed E-state index contributed by atoms with van der Waals surface area (Å²) in [6.07, 6.45) is 0. The minimum atomic E-state index is -4.09. The van der Waals surface area contributed by atoms with Crippen LogP contribution in [0.2, 0.25) is 0 Å². The zero-order valence-electron chi connectivity index (χ0n) is 18.2. The van der Waals surface area contributed by atoms with E-state index in [9.17, 15) is 13.2 Å². The number of carbonyl (C=O) groups is 1. The number of amides is 1. The van der Waals surface area contributed by atoms with E-state index in [4.69, 9.17) is 9.47 Å². The van der Waals surface area contributed by atoms with Gasteiger partial charge in [-0.05, 0) is 67.9 Å². The van der Waals surface area contributed by atoms with Crippen LogP contribution in [0.5, 0.6) is 11.5 Å². The third kappa shape index (κ3) is 5.39. The van der Waals surface area contributed by atoms with Gasteiger partial charge in [0.25, 0.3) is 10.0 Å². The molecule has 0 heterocycles. The molecule has 0 aliphatic rings. The molecule has 3 aromatic rings. The first-order chi connectivity index (χ1) is 15.3. The highest BCUT2D eigenvalue weighted by atomic mass is 32.2. The molecule has 0 unspecified atom stereocenters. The Labute approximate surface area is 188 Å². The first-order valence-corrected chi connectivity index (χ1v) is 11.5. The van der Waals surface area contributed by atoms with Crippen LogP contribution in [0, 0.1) is 6.92 Å². The van der Waals surface area contributed by atoms with Crippen molar-refractivity contribution in [2.24, 2.45) is 0 Å². The van der Waals surface area contributed by atoms with Crippen molar-refractivity contribution in [2.75, 3.05) is 29.9 Å². The van der Waals surface area contributed by atoms with E-state index in [0.29, 0.717) is 23.7 Å². The van der Waals surface area contributed by atoms with E-state index in [-0.39, 0.29) is 10.6 Å². The van der Waals surface area contributed by atoms with Crippen LogP contribution in [-0.4, -0.2) is 34.6 Å². The van der Waals surface area contributed by atoms with Crippen LogP contribution in [0.25, 0.3) is 0 Å². The van der Waals surface area contributed by atoms with Crippen LogP contribution in [0.15, 0.2) is 77.7 Å². The maximum Gasteiger partial charge on any atom is 0.268 e. The van der Waals surface area contributed by atoms with Gasteiger partial charge < -0.3 is 14.8 Å². The van der Waals surface area contributed by atoms with Gasteiger partial charge in [-0.1, -0.05) is 24.3 Å². The lowest BCUT2D eigenvalue weighted by molar-refractivity contribution is -0.114. The van der Waals surface area contributed by atoms with E-state index in [0.717, 1.165) is 9.87 Å². The number of carbonyl (C=O) groups excluding carboxylic acids is 1. The summed E-state index contributed by atoms with van der Waals surface area (Å²) in [5, 5.41) is 2.74. The number of anilines is 2. The fourth-order valence-electron chi connectivity index (χ4n) is 3.15. The van der Waals surface area contributed by atoms with E-state index in [1.165, 1.54) is 13.2 Å². The number of rotatable bonds is 9. The number of nitrogens with zero attached hydrogens (tertiary/aromatic N) is 1. The molecule has 0 spiro atoms. The topological polar surface area (TPSA) is 84.9 Å². The Morgan fingerprint density at radius 3 is 2.31 bits per heavy atom. The van der Waals surface area contributed by atoms with Gasteiger partial charge in [0.2, 0.25) is 5.91 Å². The number of hydrogen-bond donors (Lipinski definition) is 1. The number of benzene rings is 3. The molecule has 3 aromatic carbocycles. The predicted octanol–water partition coefficient (Wildman–Crippen LogP) is 4.24. The fraction of sp³-hybridized carbons (Fsp3) is 0.208. The SMILES string of the molecule is CCOc1ccc(NC(=O)CN(c2ccccc2)S(=O)(=O)c2cc(C)ccc2OC)cc1. The Kier molecular flexibility index (Phi) is 7.37. The van der Waals surface area contributed by atoms with Crippen molar-refractivity contribution in [3.05, 3.63) is 78.4 Å². The van der Waals surface area contributed by atoms with Gasteiger partial charge in [-0.2, -0.15) is 0 Å². The van der Waals surface area contributed by atoms with Crippen molar-refractivity contribution in [3.8, 4) is 11.5 Å². The van der Waals surface area contributed by atoms with Crippen LogP contribution in [0.4, 0.5) is 11.4 Å². The number of para-hydroxylation sites is 1. The van der Waals surface area contributed by atoms with Gasteiger partial charge in [-0.3, -0.25) is 9.10 Å². The Morgan fingerprint density at radius 2 is 1.69 bits per heavy atom. The van der Waals surface area contributed by atoms with Crippen LogP contribution in [0.3, 0.4) is 0 Å². The molecule has 32 heavy (non-hydrogen) atoms. The smallest absolute Gasteiger partial charge is 0.268 e. The lowest BCUT2D eigenvalue weighted by Crippen LogP contribution is -2.38. The van der Waals surface area contributed by atoms with Crippen LogP contribution < -0.4 is 19.1 Å². The molecule has 3 rings (SSSR count). The lowest BCUT2D eigenvalue weighted by Gasteiger charge is -2.25. The molecule has 0 saturated carbocycles. The number of methoxy groups -OCH3 is 1. The summed E-state index contributed by atoms with van der Waals surface area (Å²) >= 11 is 0. The molecule has 0 radical (unpaired) electrons. The molecular formula is C24H26N2O5S. The molecule has 0 fully saturated rings. The van der Waals surface area contributed by atoms with Crippen LogP contribution in [0.1, 0.15) is 12.5 Å². The summed E-state index contributed by atoms with van der Waals surface area (Å²) < 4.78 is 39.0. The van der Waals surface area contributed by atoms with Gasteiger partial charge in [0.1, 0.15) is 22.9 Å². The lowest BCUT2D eigenvalue weighted by atomic mass is 10.2. The van der Waals surface area contributed by atoms with Crippen molar-refractivity contribution in [3.63, 3.8) is 0 Å². The van der Waals surface area contributed by atoms with Crippen molar-refractivity contribution in [2.45, 2.75) is 18.7 Å². The van der Waals surface area contributed by atoms with Crippen molar-refractivity contribution in [1.82, 2.24) is 0 Å². The Balaban J connectivity index is 1.92. The number of nitrogens with one attached hydrogen (secondary N) is 1. The summed E-state index contributed by atoms with van der Waals surface area (Å²) in [5.74, 6) is 0.419. The summed E-state index contributed by atoms with van der Waals surface area (Å²) in [6.45, 7) is 3.82. The molecular weight excluding hydrogens is 428 g/mol. The minimum Gasteiger partial charge on any atom is -0.495 e. The highest BCUT2D eigenvalue weighted by Gasteiger charge is 2.30. The highest BCUT2D eigenvalue weighted by molar-refractivity contribution is 7.93. The molecule has 7 nitrogen and oxygen atoms in total. The van der Waals surface area contributed by atoms with Gasteiger partial charge in [0, 0.05) is 5.69 Å². The first-order valence-electron chi connectivity index (χ1n) is 10.1. The van der Waals surface area contributed by atoms with Gasteiger partial charge >= 0.3 is 0 Å². The fourth-order valence-corrected chi connectivity index (χ4v) is 4.81. The third-order valence-corrected chi connectivity index (χ3v) is 6.46. The molecule has 0 saturated heterocycles. The molecule has 1 N–H and O–H groups in total. The zero-order valence-corrected chi connectivity index (χ0v) is 19.1. The van der Waals surface area contributed by atoms with Crippen molar-refractivity contribution in [1.29, 1.82) is 0 Å². The number of aryl methyl sites for hydroxylation is 1. The number of hydrogen-bond acceptors (Lipinski definition) is 5. The Bertz CT molecular complexity index is 1160. The summed E-state index contributed by atoms with van der Waals surface area (Å²) in [4.78, 5) is 12.8. The van der Waals surface area contributed by atoms with E-state index in [2.05, 4.69) is 5.32 Å². The number of sulfonamides is 1. The Morgan fingerprint density at radius 1 is 1.00 bits per heavy atom. The average Bonchev–Trinajstić information content (AvgIpc) is 2.79. The minimum absolute atomic E-state index is 0.00211. The average molecular weight is 455 g/mol. The van der Waals surface area contributed by atoms with Crippen molar-refractivity contribution >= 4 is 27.3 Å². The zero-order chi connectivity index (χ0) is 23.1. The summed E-state index contributed by atoms with van der Waals surface area (Å²) in [6, 6.07) is 20.3. The number of ether oxygens (including phenoxy) is 2. The van der Waals surface area contributed by atoms with Crippen LogP contribution in [-0.2, 0) is 14.8 Å². The van der Waals surface area contributed by atoms with Crippen LogP contribution >= 0.6 is 0 Å². The third-order valence-electron chi connectivity index (χ3n) is 4.67. The van der Waals surface area contributed by atoms with E-state index in [1.807, 2.05) is 6.92 Å². The second-order valence-corrected chi connectivity index (χ2v) is 8.84. The second-order valence-electron chi connectivity index (χ2n) is 7.01. The van der Waals surface area contributed by atoms with Gasteiger partial charge in [-0.15, -0.1) is 0 Å². The Hall–Kier alpha value is -3.52. The van der Waals surface area contributed by atoms with Gasteiger partial charge in [0.15, 0.2) is 0 Å². The van der Waals surface area contributed by atoms with E-state index >= 15 is 0 Å². The van der Waals surface area contributed by atoms with Gasteiger partial charge in [-0.25, -0.2) is 8.42 Å². The maximum absolute atomic E-state index is 13.6. The first kappa shape index (κ1) is 23.1. The van der Waals surface area contributed by atoms with Crippen molar-refractivity contribution < 1.29 is 22.7 Å². The molecule has 8 heteroatoms. The normalized spacial score (nSPS) is 11.0. The molecule has 168 valence electrons. The standard InChI is InChI=1S/C24H26N2O5S/c1-4-31-21-13-11-19(12-14-21)25-24(27)17-26(20-8-6-5-7-9-20)32(28,29)23-16-18(2)10-15-22(23)30-3/h5-16H,4,17H2,1-3H3,(H,25,27). The highest BCUT2D eigenvalue weighted by Crippen LogP contribution is 2.30. The maximum atomic E-state index is 13.6. The molecule has 0 aromatic heterocycles. The predicted molar refractivity (Wildman–Crippen MR) is 125 cm³/mol. The van der Waals surface area contributed by atoms with Gasteiger partial charge in [0.05, 0.1) is 19.4 Å². The monoisotopic (exact) mass is 454 g/mol. The second kappa shape index (κ2) is 10.2. The molecule has 0 atom stereocenters. The summed E-state index contributed by atoms with van der Waals surface area (Å²) in [5.41, 5.74) is 1.67. The molecule has 0 aliphatic heterocycles. The molecule has 0 bridgehead atoms. The van der Waals surface area contributed by atoms with E-state index < -0.39 is 22.5 Å². The molecule has 0 aliphatic carbocycles.